The van der Waals surface area contributed by atoms with E-state index in [-0.39, 0.29) is 21.8 Å². The predicted octanol–water partition coefficient (Wildman–Crippen LogP) is 4.50. The van der Waals surface area contributed by atoms with E-state index in [1.807, 2.05) is 0 Å². The fraction of sp³-hybridized carbons (Fsp3) is 0.333. The Morgan fingerprint density at radius 2 is 1.15 bits per heavy atom. The smallest absolute Gasteiger partial charge is 0.0578 e. The Morgan fingerprint density at radius 3 is 1.55 bits per heavy atom. The monoisotopic (exact) mass is 300 g/mol. The van der Waals surface area contributed by atoms with E-state index in [1.165, 1.54) is 0 Å². The van der Waals surface area contributed by atoms with Gasteiger partial charge >= 0.3 is 0 Å². The molecule has 3 heterocycles. The van der Waals surface area contributed by atoms with Crippen LogP contribution in [0.25, 0.3) is 0 Å². The molecule has 0 unspecified atom stereocenters. The third kappa shape index (κ3) is 1.58. The van der Waals surface area contributed by atoms with Crippen molar-refractivity contribution in [3.05, 3.63) is 48.5 Å². The van der Waals surface area contributed by atoms with E-state index in [0.717, 1.165) is 16.4 Å². The topological polar surface area (TPSA) is 0 Å². The second kappa shape index (κ2) is 4.57. The van der Waals surface area contributed by atoms with Gasteiger partial charge in [-0.15, -0.1) is 0 Å². The van der Waals surface area contributed by atoms with Crippen molar-refractivity contribution in [1.82, 2.24) is 0 Å². The van der Waals surface area contributed by atoms with Gasteiger partial charge in [-0.3, -0.25) is 0 Å². The first-order valence-electron chi connectivity index (χ1n) is 7.34. The molecule has 0 saturated heterocycles. The Balaban J connectivity index is 2.02. The standard InChI is InChI=1S/C18H20S2/c1-12(2)18-13(3)19-14-8-4-6-10-16(14)20(18)17-11-7-5-9-15(17)19/h4-13,18H,1-3H3/q+2/t13-,18-,19?,20?/m0/s1. The summed E-state index contributed by atoms with van der Waals surface area (Å²) in [4.78, 5) is 6.51. The minimum atomic E-state index is 0.273. The van der Waals surface area contributed by atoms with Crippen LogP contribution in [0.2, 0.25) is 0 Å². The Hall–Kier alpha value is -0.860. The lowest BCUT2D eigenvalue weighted by molar-refractivity contribution is 0.584. The molecule has 0 nitrogen and oxygen atoms in total. The van der Waals surface area contributed by atoms with Crippen molar-refractivity contribution in [2.45, 2.75) is 50.9 Å². The second-order valence-electron chi connectivity index (χ2n) is 5.98. The highest BCUT2D eigenvalue weighted by Crippen LogP contribution is 2.53. The summed E-state index contributed by atoms with van der Waals surface area (Å²) in [6, 6.07) is 18.4. The number of hydrogen-bond donors (Lipinski definition) is 0. The number of benzene rings is 2. The SMILES string of the molecule is CC(C)[C@H]1[C@H](C)[S+]2c3ccccc3[S+]1c1ccccc12. The normalized spacial score (nSPS) is 30.2. The lowest BCUT2D eigenvalue weighted by Gasteiger charge is -2.36. The first-order valence-corrected chi connectivity index (χ1v) is 9.92. The van der Waals surface area contributed by atoms with Crippen LogP contribution in [0.15, 0.2) is 68.1 Å². The molecule has 0 aliphatic carbocycles. The van der Waals surface area contributed by atoms with Crippen molar-refractivity contribution in [3.8, 4) is 0 Å². The van der Waals surface area contributed by atoms with Crippen molar-refractivity contribution in [2.75, 3.05) is 0 Å². The zero-order valence-electron chi connectivity index (χ0n) is 12.2. The highest BCUT2D eigenvalue weighted by molar-refractivity contribution is 8.06. The largest absolute Gasteiger partial charge is 0.216 e. The van der Waals surface area contributed by atoms with Gasteiger partial charge in [-0.05, 0) is 31.2 Å². The molecule has 2 aromatic rings. The van der Waals surface area contributed by atoms with E-state index in [1.54, 1.807) is 19.6 Å². The van der Waals surface area contributed by atoms with E-state index in [4.69, 9.17) is 0 Å². The van der Waals surface area contributed by atoms with E-state index < -0.39 is 0 Å². The minimum absolute atomic E-state index is 0.273. The highest BCUT2D eigenvalue weighted by Gasteiger charge is 2.64. The third-order valence-corrected chi connectivity index (χ3v) is 10.7. The molecular formula is C18H20S2+2. The van der Waals surface area contributed by atoms with Crippen molar-refractivity contribution in [2.24, 2.45) is 5.92 Å². The molecule has 2 aromatic carbocycles. The van der Waals surface area contributed by atoms with Crippen LogP contribution in [0.4, 0.5) is 0 Å². The minimum Gasteiger partial charge on any atom is -0.0578 e. The Labute approximate surface area is 127 Å². The van der Waals surface area contributed by atoms with Gasteiger partial charge in [0.15, 0.2) is 10.5 Å². The molecule has 0 aromatic heterocycles. The van der Waals surface area contributed by atoms with Crippen LogP contribution in [-0.4, -0.2) is 10.5 Å². The van der Waals surface area contributed by atoms with Gasteiger partial charge in [0, 0.05) is 5.92 Å². The number of hydrogen-bond acceptors (Lipinski definition) is 0. The maximum Gasteiger partial charge on any atom is 0.216 e. The zero-order valence-corrected chi connectivity index (χ0v) is 13.8. The summed E-state index contributed by atoms with van der Waals surface area (Å²) in [7, 11) is 0.549. The van der Waals surface area contributed by atoms with Crippen LogP contribution in [-0.2, 0) is 21.8 Å². The van der Waals surface area contributed by atoms with Crippen LogP contribution >= 0.6 is 0 Å². The van der Waals surface area contributed by atoms with Gasteiger partial charge in [0.2, 0.25) is 19.6 Å². The molecule has 2 heteroatoms. The van der Waals surface area contributed by atoms with Crippen LogP contribution in [0.5, 0.6) is 0 Å². The number of fused-ring (bicyclic) bond motifs is 1. The van der Waals surface area contributed by atoms with Crippen molar-refractivity contribution >= 4 is 21.8 Å². The average Bonchev–Trinajstić information content (AvgIpc) is 2.47. The van der Waals surface area contributed by atoms with E-state index in [2.05, 4.69) is 69.3 Å². The van der Waals surface area contributed by atoms with E-state index in [0.29, 0.717) is 0 Å². The molecule has 0 fully saturated rings. The average molecular weight is 300 g/mol. The molecule has 2 bridgehead atoms. The van der Waals surface area contributed by atoms with Gasteiger partial charge < -0.3 is 0 Å². The maximum absolute atomic E-state index is 2.49. The molecule has 0 amide bonds. The first kappa shape index (κ1) is 12.8. The Morgan fingerprint density at radius 1 is 0.750 bits per heavy atom. The molecule has 3 aliphatic rings. The maximum atomic E-state index is 2.49. The molecule has 0 radical (unpaired) electrons. The zero-order chi connectivity index (χ0) is 13.9. The summed E-state index contributed by atoms with van der Waals surface area (Å²) in [6.07, 6.45) is 0. The molecule has 2 atom stereocenters. The predicted molar refractivity (Wildman–Crippen MR) is 88.8 cm³/mol. The molecule has 3 aliphatic heterocycles. The van der Waals surface area contributed by atoms with E-state index >= 15 is 0 Å². The van der Waals surface area contributed by atoms with E-state index in [9.17, 15) is 0 Å². The lowest BCUT2D eigenvalue weighted by Crippen LogP contribution is -2.50. The molecule has 5 rings (SSSR count). The number of rotatable bonds is 1. The summed E-state index contributed by atoms with van der Waals surface area (Å²) in [5.41, 5.74) is 0. The van der Waals surface area contributed by atoms with Gasteiger partial charge in [0.05, 0.1) is 21.8 Å². The summed E-state index contributed by atoms with van der Waals surface area (Å²) >= 11 is 0. The Bertz CT molecular complexity index is 614. The molecule has 0 N–H and O–H groups in total. The van der Waals surface area contributed by atoms with Crippen LogP contribution in [0.3, 0.4) is 0 Å². The molecule has 0 saturated carbocycles. The van der Waals surface area contributed by atoms with Gasteiger partial charge in [-0.1, -0.05) is 38.1 Å². The van der Waals surface area contributed by atoms with Crippen molar-refractivity contribution < 1.29 is 0 Å². The molecule has 102 valence electrons. The van der Waals surface area contributed by atoms with Gasteiger partial charge in [0.1, 0.15) is 0 Å². The fourth-order valence-electron chi connectivity index (χ4n) is 3.70. The van der Waals surface area contributed by atoms with Gasteiger partial charge in [-0.25, -0.2) is 0 Å². The van der Waals surface area contributed by atoms with Crippen LogP contribution in [0, 0.1) is 5.92 Å². The molecule has 0 spiro atoms. The lowest BCUT2D eigenvalue weighted by atomic mass is 10.1. The first-order chi connectivity index (χ1) is 9.70. The third-order valence-electron chi connectivity index (χ3n) is 4.41. The second-order valence-corrected chi connectivity index (χ2v) is 10.4. The molecule has 20 heavy (non-hydrogen) atoms. The molecular weight excluding hydrogens is 280 g/mol. The van der Waals surface area contributed by atoms with Crippen molar-refractivity contribution in [1.29, 1.82) is 0 Å². The summed E-state index contributed by atoms with van der Waals surface area (Å²) in [5, 5.41) is 1.59. The summed E-state index contributed by atoms with van der Waals surface area (Å²) in [6.45, 7) is 7.30. The van der Waals surface area contributed by atoms with Gasteiger partial charge in [0.25, 0.3) is 0 Å². The van der Waals surface area contributed by atoms with Gasteiger partial charge in [-0.2, -0.15) is 0 Å². The highest BCUT2D eigenvalue weighted by atomic mass is 32.2. The summed E-state index contributed by atoms with van der Waals surface area (Å²) < 4.78 is 0. The quantitative estimate of drug-likeness (QED) is 0.680. The fourth-order valence-corrected chi connectivity index (χ4v) is 10.9. The van der Waals surface area contributed by atoms with Crippen molar-refractivity contribution in [3.63, 3.8) is 0 Å². The summed E-state index contributed by atoms with van der Waals surface area (Å²) in [5.74, 6) is 0.755. The Kier molecular flexibility index (Phi) is 2.94. The van der Waals surface area contributed by atoms with Crippen LogP contribution < -0.4 is 0 Å². The van der Waals surface area contributed by atoms with Crippen LogP contribution in [0.1, 0.15) is 20.8 Å².